The zero-order valence-corrected chi connectivity index (χ0v) is 16.0. The number of hydrogen-bond donors (Lipinski definition) is 3. The van der Waals surface area contributed by atoms with E-state index in [1.165, 1.54) is 19.3 Å². The zero-order valence-electron chi connectivity index (χ0n) is 16.0. The molecule has 1 aliphatic heterocycles. The van der Waals surface area contributed by atoms with Crippen LogP contribution in [0.25, 0.3) is 0 Å². The number of piperidine rings is 1. The molecular formula is C20H34N4O2. The van der Waals surface area contributed by atoms with E-state index < -0.39 is 0 Å². The Morgan fingerprint density at radius 3 is 2.69 bits per heavy atom. The molecule has 26 heavy (non-hydrogen) atoms. The van der Waals surface area contributed by atoms with Crippen LogP contribution < -0.4 is 10.6 Å². The maximum atomic E-state index is 9.70. The summed E-state index contributed by atoms with van der Waals surface area (Å²) in [6.45, 7) is 5.86. The molecule has 0 aromatic carbocycles. The number of likely N-dealkylation sites (tertiary alicyclic amines) is 1. The van der Waals surface area contributed by atoms with Crippen molar-refractivity contribution in [1.82, 2.24) is 15.5 Å². The number of aliphatic hydroxyl groups excluding tert-OH is 1. The van der Waals surface area contributed by atoms with Gasteiger partial charge in [-0.1, -0.05) is 6.42 Å². The fourth-order valence-corrected chi connectivity index (χ4v) is 4.01. The molecule has 0 radical (unpaired) electrons. The first-order valence-corrected chi connectivity index (χ1v) is 10.3. The Kier molecular flexibility index (Phi) is 7.38. The van der Waals surface area contributed by atoms with Crippen molar-refractivity contribution in [1.29, 1.82) is 0 Å². The van der Waals surface area contributed by atoms with Crippen molar-refractivity contribution in [3.05, 3.63) is 24.2 Å². The molecule has 1 aromatic rings. The van der Waals surface area contributed by atoms with Crippen molar-refractivity contribution in [3.63, 3.8) is 0 Å². The molecule has 3 rings (SSSR count). The molecule has 1 aliphatic carbocycles. The van der Waals surface area contributed by atoms with Gasteiger partial charge in [-0.2, -0.15) is 0 Å². The monoisotopic (exact) mass is 362 g/mol. The summed E-state index contributed by atoms with van der Waals surface area (Å²) in [5, 5.41) is 16.6. The lowest BCUT2D eigenvalue weighted by molar-refractivity contribution is 0.120. The Morgan fingerprint density at radius 1 is 1.27 bits per heavy atom. The number of nitrogens with one attached hydrogen (secondary N) is 2. The van der Waals surface area contributed by atoms with Gasteiger partial charge >= 0.3 is 0 Å². The van der Waals surface area contributed by atoms with Crippen LogP contribution in [0.5, 0.6) is 0 Å². The maximum Gasteiger partial charge on any atom is 0.191 e. The van der Waals surface area contributed by atoms with Gasteiger partial charge in [-0.25, -0.2) is 0 Å². The number of furan rings is 1. The average Bonchev–Trinajstić information content (AvgIpc) is 3.19. The minimum absolute atomic E-state index is 0.130. The normalized spacial score (nSPS) is 26.5. The van der Waals surface area contributed by atoms with Gasteiger partial charge in [0.05, 0.1) is 25.0 Å². The van der Waals surface area contributed by atoms with E-state index in [1.807, 2.05) is 6.07 Å². The van der Waals surface area contributed by atoms with Crippen molar-refractivity contribution in [2.75, 3.05) is 26.2 Å². The smallest absolute Gasteiger partial charge is 0.191 e. The summed E-state index contributed by atoms with van der Waals surface area (Å²) in [6.07, 6.45) is 9.20. The van der Waals surface area contributed by atoms with Gasteiger partial charge < -0.3 is 20.2 Å². The van der Waals surface area contributed by atoms with Crippen molar-refractivity contribution in [2.45, 2.75) is 70.1 Å². The van der Waals surface area contributed by atoms with Crippen LogP contribution in [0.2, 0.25) is 0 Å². The number of guanidine groups is 1. The third-order valence-corrected chi connectivity index (χ3v) is 5.51. The van der Waals surface area contributed by atoms with Crippen molar-refractivity contribution >= 4 is 5.96 Å². The average molecular weight is 363 g/mol. The second-order valence-corrected chi connectivity index (χ2v) is 7.50. The molecular weight excluding hydrogens is 328 g/mol. The Morgan fingerprint density at radius 2 is 2.04 bits per heavy atom. The zero-order chi connectivity index (χ0) is 18.2. The highest BCUT2D eigenvalue weighted by Crippen LogP contribution is 2.25. The van der Waals surface area contributed by atoms with E-state index in [4.69, 9.17) is 9.41 Å². The first kappa shape index (κ1) is 19.2. The molecule has 3 N–H and O–H groups in total. The third-order valence-electron chi connectivity index (χ3n) is 5.51. The lowest BCUT2D eigenvalue weighted by atomic mass is 9.93. The standard InChI is InChI=1S/C20H34N4O2/c1-2-21-20(23-16-8-10-17(25)11-9-16)22-15-18(19-7-6-14-26-19)24-12-4-3-5-13-24/h6-7,14,16-18,25H,2-5,8-13,15H2,1H3,(H2,21,22,23). The van der Waals surface area contributed by atoms with Gasteiger partial charge in [0.15, 0.2) is 5.96 Å². The van der Waals surface area contributed by atoms with Gasteiger partial charge in [0.1, 0.15) is 5.76 Å². The lowest BCUT2D eigenvalue weighted by Gasteiger charge is -2.33. The molecule has 6 heteroatoms. The highest BCUT2D eigenvalue weighted by Gasteiger charge is 2.25. The Hall–Kier alpha value is -1.53. The minimum atomic E-state index is -0.130. The van der Waals surface area contributed by atoms with Crippen LogP contribution >= 0.6 is 0 Å². The Balaban J connectivity index is 1.64. The van der Waals surface area contributed by atoms with E-state index in [2.05, 4.69) is 28.5 Å². The molecule has 0 amide bonds. The third kappa shape index (κ3) is 5.48. The molecule has 2 fully saturated rings. The van der Waals surface area contributed by atoms with Crippen LogP contribution in [-0.2, 0) is 0 Å². The van der Waals surface area contributed by atoms with E-state index in [9.17, 15) is 5.11 Å². The summed E-state index contributed by atoms with van der Waals surface area (Å²) in [7, 11) is 0. The first-order valence-electron chi connectivity index (χ1n) is 10.3. The fraction of sp³-hybridized carbons (Fsp3) is 0.750. The summed E-state index contributed by atoms with van der Waals surface area (Å²) < 4.78 is 5.72. The molecule has 0 spiro atoms. The number of aliphatic imine (C=N–C) groups is 1. The Labute approximate surface area is 157 Å². The predicted molar refractivity (Wildman–Crippen MR) is 104 cm³/mol. The van der Waals surface area contributed by atoms with Crippen molar-refractivity contribution < 1.29 is 9.52 Å². The lowest BCUT2D eigenvalue weighted by Crippen LogP contribution is -2.45. The molecule has 2 heterocycles. The summed E-state index contributed by atoms with van der Waals surface area (Å²) >= 11 is 0. The van der Waals surface area contributed by atoms with Crippen LogP contribution in [0, 0.1) is 0 Å². The van der Waals surface area contributed by atoms with Crippen LogP contribution in [0.4, 0.5) is 0 Å². The molecule has 146 valence electrons. The number of hydrogen-bond acceptors (Lipinski definition) is 4. The molecule has 2 aliphatic rings. The van der Waals surface area contributed by atoms with Crippen LogP contribution in [0.1, 0.15) is 63.7 Å². The van der Waals surface area contributed by atoms with Crippen molar-refractivity contribution in [2.24, 2.45) is 4.99 Å². The molecule has 1 saturated heterocycles. The van der Waals surface area contributed by atoms with E-state index >= 15 is 0 Å². The van der Waals surface area contributed by atoms with Gasteiger partial charge in [-0.15, -0.1) is 0 Å². The van der Waals surface area contributed by atoms with Gasteiger partial charge in [0, 0.05) is 12.6 Å². The predicted octanol–water partition coefficient (Wildman–Crippen LogP) is 2.67. The quantitative estimate of drug-likeness (QED) is 0.536. The first-order chi connectivity index (χ1) is 12.8. The number of aliphatic hydroxyl groups is 1. The molecule has 0 bridgehead atoms. The molecule has 1 unspecified atom stereocenters. The van der Waals surface area contributed by atoms with E-state index in [0.29, 0.717) is 12.6 Å². The van der Waals surface area contributed by atoms with Gasteiger partial charge in [0.2, 0.25) is 0 Å². The minimum Gasteiger partial charge on any atom is -0.468 e. The SMILES string of the molecule is CCNC(=NCC(c1ccco1)N1CCCCC1)NC1CCC(O)CC1. The summed E-state index contributed by atoms with van der Waals surface area (Å²) in [6, 6.07) is 4.63. The number of nitrogens with zero attached hydrogens (tertiary/aromatic N) is 2. The topological polar surface area (TPSA) is 73.0 Å². The van der Waals surface area contributed by atoms with Gasteiger partial charge in [-0.3, -0.25) is 9.89 Å². The molecule has 1 saturated carbocycles. The van der Waals surface area contributed by atoms with Crippen LogP contribution in [-0.4, -0.2) is 54.3 Å². The fourth-order valence-electron chi connectivity index (χ4n) is 4.01. The van der Waals surface area contributed by atoms with E-state index in [0.717, 1.165) is 57.0 Å². The van der Waals surface area contributed by atoms with Crippen LogP contribution in [0.15, 0.2) is 27.8 Å². The summed E-state index contributed by atoms with van der Waals surface area (Å²) in [4.78, 5) is 7.39. The van der Waals surface area contributed by atoms with E-state index in [-0.39, 0.29) is 12.1 Å². The largest absolute Gasteiger partial charge is 0.468 e. The molecule has 6 nitrogen and oxygen atoms in total. The highest BCUT2D eigenvalue weighted by molar-refractivity contribution is 5.80. The van der Waals surface area contributed by atoms with Crippen molar-refractivity contribution in [3.8, 4) is 0 Å². The number of rotatable bonds is 6. The Bertz CT molecular complexity index is 532. The van der Waals surface area contributed by atoms with E-state index in [1.54, 1.807) is 6.26 Å². The second kappa shape index (κ2) is 9.97. The van der Waals surface area contributed by atoms with Gasteiger partial charge in [-0.05, 0) is 70.7 Å². The maximum absolute atomic E-state index is 9.70. The second-order valence-electron chi connectivity index (χ2n) is 7.50. The summed E-state index contributed by atoms with van der Waals surface area (Å²) in [5.41, 5.74) is 0. The highest BCUT2D eigenvalue weighted by atomic mass is 16.3. The van der Waals surface area contributed by atoms with Gasteiger partial charge in [0.25, 0.3) is 0 Å². The van der Waals surface area contributed by atoms with Crippen LogP contribution in [0.3, 0.4) is 0 Å². The molecule has 1 aromatic heterocycles. The molecule has 1 atom stereocenters. The summed E-state index contributed by atoms with van der Waals surface area (Å²) in [5.74, 6) is 1.88.